The molecule has 1 aromatic heterocycles. The van der Waals surface area contributed by atoms with Gasteiger partial charge in [0.15, 0.2) is 10.8 Å². The van der Waals surface area contributed by atoms with E-state index in [9.17, 15) is 8.60 Å². The molecule has 0 aliphatic heterocycles. The van der Waals surface area contributed by atoms with Crippen molar-refractivity contribution in [1.82, 2.24) is 9.78 Å². The van der Waals surface area contributed by atoms with Crippen LogP contribution in [0.3, 0.4) is 0 Å². The lowest BCUT2D eigenvalue weighted by Gasteiger charge is -2.02. The van der Waals surface area contributed by atoms with Crippen LogP contribution >= 0.6 is 0 Å². The van der Waals surface area contributed by atoms with Gasteiger partial charge in [0.25, 0.3) is 0 Å². The van der Waals surface area contributed by atoms with E-state index in [1.807, 2.05) is 0 Å². The van der Waals surface area contributed by atoms with Crippen LogP contribution in [0.4, 0.5) is 4.39 Å². The smallest absolute Gasteiger partial charge is 0.200 e. The molecule has 0 saturated heterocycles. The van der Waals surface area contributed by atoms with Gasteiger partial charge in [-0.05, 0) is 6.92 Å². The predicted molar refractivity (Wildman–Crippen MR) is 44.5 cm³/mol. The molecule has 13 heavy (non-hydrogen) atoms. The topological polar surface area (TPSA) is 81.1 Å². The summed E-state index contributed by atoms with van der Waals surface area (Å²) in [4.78, 5) is 0. The number of rotatable bonds is 3. The number of hydrogen-bond donors (Lipinski definition) is 2. The normalized spacial score (nSPS) is 15.7. The summed E-state index contributed by atoms with van der Waals surface area (Å²) in [6.45, 7) is 1.69. The second-order valence-corrected chi connectivity index (χ2v) is 3.63. The van der Waals surface area contributed by atoms with Crippen molar-refractivity contribution in [2.75, 3.05) is 0 Å². The van der Waals surface area contributed by atoms with E-state index < -0.39 is 22.9 Å². The van der Waals surface area contributed by atoms with Crippen LogP contribution in [0, 0.1) is 5.82 Å². The zero-order chi connectivity index (χ0) is 10.0. The highest BCUT2D eigenvalue weighted by Gasteiger charge is 2.12. The summed E-state index contributed by atoms with van der Waals surface area (Å²) in [5, 5.41) is 17.2. The quantitative estimate of drug-likeness (QED) is 0.693. The summed E-state index contributed by atoms with van der Waals surface area (Å²) in [6.07, 6.45) is 0.408. The van der Waals surface area contributed by atoms with E-state index in [2.05, 4.69) is 5.10 Å². The van der Waals surface area contributed by atoms with Crippen molar-refractivity contribution in [3.63, 3.8) is 0 Å². The van der Waals surface area contributed by atoms with E-state index >= 15 is 0 Å². The molecule has 1 aromatic rings. The highest BCUT2D eigenvalue weighted by atomic mass is 32.2. The van der Waals surface area contributed by atoms with Crippen molar-refractivity contribution >= 4 is 11.0 Å². The zero-order valence-electron chi connectivity index (χ0n) is 6.98. The number of hydrogen-bond acceptors (Lipinski definition) is 3. The molecular weight excluding hydrogens is 197 g/mol. The molecule has 0 aromatic carbocycles. The lowest BCUT2D eigenvalue weighted by Crippen LogP contribution is -2.13. The maximum absolute atomic E-state index is 12.9. The standard InChI is InChI=1S/C6H10FN3O2S/c1-4(11)2-10-3-5(7)6(9-10)13(8)12/h3-4,11H,2,8H2,1H3/t4-,13?/m1/s1. The SMILES string of the molecule is C[C@@H](O)Cn1cc(F)c(S(N)=O)n1. The van der Waals surface area contributed by atoms with Gasteiger partial charge in [-0.2, -0.15) is 5.10 Å². The van der Waals surface area contributed by atoms with E-state index in [4.69, 9.17) is 10.2 Å². The molecule has 0 amide bonds. The Labute approximate surface area is 76.9 Å². The van der Waals surface area contributed by atoms with Crippen LogP contribution in [0.15, 0.2) is 11.2 Å². The van der Waals surface area contributed by atoms with E-state index in [1.165, 1.54) is 4.68 Å². The molecule has 0 radical (unpaired) electrons. The monoisotopic (exact) mass is 207 g/mol. The van der Waals surface area contributed by atoms with Gasteiger partial charge in [0.05, 0.1) is 18.8 Å². The Morgan fingerprint density at radius 3 is 2.92 bits per heavy atom. The van der Waals surface area contributed by atoms with Crippen LogP contribution in [-0.4, -0.2) is 25.2 Å². The number of aromatic nitrogens is 2. The molecule has 1 rings (SSSR count). The summed E-state index contributed by atoms with van der Waals surface area (Å²) in [5.74, 6) is -0.721. The molecular formula is C6H10FN3O2S. The molecule has 0 saturated carbocycles. The van der Waals surface area contributed by atoms with E-state index in [-0.39, 0.29) is 11.6 Å². The predicted octanol–water partition coefficient (Wildman–Crippen LogP) is -0.616. The molecule has 74 valence electrons. The van der Waals surface area contributed by atoms with Gasteiger partial charge in [-0.3, -0.25) is 4.68 Å². The molecule has 5 nitrogen and oxygen atoms in total. The van der Waals surface area contributed by atoms with Crippen LogP contribution in [0.5, 0.6) is 0 Å². The molecule has 1 unspecified atom stereocenters. The first kappa shape index (κ1) is 10.3. The summed E-state index contributed by atoms with van der Waals surface area (Å²) < 4.78 is 24.7. The molecule has 7 heteroatoms. The average molecular weight is 207 g/mol. The first-order chi connectivity index (χ1) is 6.00. The molecule has 0 aliphatic rings. The first-order valence-corrected chi connectivity index (χ1v) is 4.79. The number of aliphatic hydroxyl groups excluding tert-OH is 1. The minimum absolute atomic E-state index is 0.147. The van der Waals surface area contributed by atoms with Crippen molar-refractivity contribution in [3.8, 4) is 0 Å². The van der Waals surface area contributed by atoms with Crippen molar-refractivity contribution in [2.45, 2.75) is 24.6 Å². The minimum Gasteiger partial charge on any atom is -0.391 e. The Balaban J connectivity index is 2.89. The third kappa shape index (κ3) is 2.58. The fourth-order valence-corrected chi connectivity index (χ4v) is 1.31. The summed E-state index contributed by atoms with van der Waals surface area (Å²) in [7, 11) is -1.92. The number of nitrogens with two attached hydrogens (primary N) is 1. The third-order valence-corrected chi connectivity index (χ3v) is 1.99. The van der Waals surface area contributed by atoms with Crippen LogP contribution < -0.4 is 5.14 Å². The summed E-state index contributed by atoms with van der Waals surface area (Å²) in [6, 6.07) is 0. The van der Waals surface area contributed by atoms with Crippen molar-refractivity contribution in [3.05, 3.63) is 12.0 Å². The third-order valence-electron chi connectivity index (χ3n) is 1.33. The van der Waals surface area contributed by atoms with Gasteiger partial charge in [-0.15, -0.1) is 0 Å². The van der Waals surface area contributed by atoms with Gasteiger partial charge in [-0.1, -0.05) is 0 Å². The molecule has 0 aliphatic carbocycles. The van der Waals surface area contributed by atoms with Gasteiger partial charge in [0.2, 0.25) is 0 Å². The molecule has 2 atom stereocenters. The van der Waals surface area contributed by atoms with Crippen molar-refractivity contribution in [1.29, 1.82) is 0 Å². The largest absolute Gasteiger partial charge is 0.391 e. The van der Waals surface area contributed by atoms with Gasteiger partial charge in [-0.25, -0.2) is 13.7 Å². The molecule has 0 spiro atoms. The number of halogens is 1. The second kappa shape index (κ2) is 3.95. The fraction of sp³-hybridized carbons (Fsp3) is 0.500. The Kier molecular flexibility index (Phi) is 3.12. The number of nitrogens with zero attached hydrogens (tertiary/aromatic N) is 2. The van der Waals surface area contributed by atoms with E-state index in [0.29, 0.717) is 0 Å². The molecule has 0 fully saturated rings. The van der Waals surface area contributed by atoms with Gasteiger partial charge in [0, 0.05) is 0 Å². The van der Waals surface area contributed by atoms with Crippen LogP contribution in [-0.2, 0) is 17.5 Å². The Morgan fingerprint density at radius 2 is 2.54 bits per heavy atom. The Morgan fingerprint density at radius 1 is 1.92 bits per heavy atom. The first-order valence-electron chi connectivity index (χ1n) is 3.58. The second-order valence-electron chi connectivity index (χ2n) is 2.65. The van der Waals surface area contributed by atoms with Gasteiger partial charge < -0.3 is 5.11 Å². The minimum atomic E-state index is -1.92. The lowest BCUT2D eigenvalue weighted by atomic mass is 10.4. The average Bonchev–Trinajstić information content (AvgIpc) is 2.29. The maximum Gasteiger partial charge on any atom is 0.200 e. The lowest BCUT2D eigenvalue weighted by molar-refractivity contribution is 0.168. The molecule has 0 bridgehead atoms. The van der Waals surface area contributed by atoms with Crippen LogP contribution in [0.1, 0.15) is 6.92 Å². The van der Waals surface area contributed by atoms with Crippen LogP contribution in [0.2, 0.25) is 0 Å². The van der Waals surface area contributed by atoms with Crippen molar-refractivity contribution in [2.24, 2.45) is 5.14 Å². The Hall–Kier alpha value is -0.790. The number of aliphatic hydroxyl groups is 1. The van der Waals surface area contributed by atoms with Crippen LogP contribution in [0.25, 0.3) is 0 Å². The summed E-state index contributed by atoms with van der Waals surface area (Å²) in [5.41, 5.74) is 0. The highest BCUT2D eigenvalue weighted by Crippen LogP contribution is 2.06. The maximum atomic E-state index is 12.9. The van der Waals surface area contributed by atoms with E-state index in [1.54, 1.807) is 6.92 Å². The van der Waals surface area contributed by atoms with E-state index in [0.717, 1.165) is 6.20 Å². The fourth-order valence-electron chi connectivity index (χ4n) is 0.880. The Bertz CT molecular complexity index is 326. The van der Waals surface area contributed by atoms with Gasteiger partial charge in [0.1, 0.15) is 11.0 Å². The molecule has 3 N–H and O–H groups in total. The molecule has 1 heterocycles. The zero-order valence-corrected chi connectivity index (χ0v) is 7.79. The van der Waals surface area contributed by atoms with Gasteiger partial charge >= 0.3 is 0 Å². The highest BCUT2D eigenvalue weighted by molar-refractivity contribution is 7.82. The summed E-state index contributed by atoms with van der Waals surface area (Å²) >= 11 is 0. The van der Waals surface area contributed by atoms with Crippen molar-refractivity contribution < 1.29 is 13.7 Å².